The number of aromatic amines is 1. The summed E-state index contributed by atoms with van der Waals surface area (Å²) in [5, 5.41) is 4.87. The Kier molecular flexibility index (Phi) is 5.23. The zero-order valence-electron chi connectivity index (χ0n) is 15.5. The minimum atomic E-state index is -0.472. The number of aromatic nitrogens is 3. The molecule has 0 aliphatic rings. The summed E-state index contributed by atoms with van der Waals surface area (Å²) in [5.41, 5.74) is 1.57. The molecule has 0 saturated carbocycles. The van der Waals surface area contributed by atoms with Crippen LogP contribution in [0, 0.1) is 0 Å². The van der Waals surface area contributed by atoms with Crippen molar-refractivity contribution in [2.75, 3.05) is 13.7 Å². The number of nitrogens with zero attached hydrogens (tertiary/aromatic N) is 2. The summed E-state index contributed by atoms with van der Waals surface area (Å²) in [6, 6.07) is 5.10. The Morgan fingerprint density at radius 1 is 1.37 bits per heavy atom. The number of fused-ring (bicyclic) bond motifs is 1. The first-order valence-corrected chi connectivity index (χ1v) is 8.91. The number of hydrogen-bond acceptors (Lipinski definition) is 5. The number of benzene rings is 1. The number of methoxy groups -OCH3 is 1. The predicted octanol–water partition coefficient (Wildman–Crippen LogP) is 3.65. The van der Waals surface area contributed by atoms with Crippen molar-refractivity contribution >= 4 is 23.1 Å². The first-order chi connectivity index (χ1) is 12.9. The summed E-state index contributed by atoms with van der Waals surface area (Å²) in [7, 11) is 1.53. The summed E-state index contributed by atoms with van der Waals surface area (Å²) in [6.07, 6.45) is 1.53. The fourth-order valence-electron chi connectivity index (χ4n) is 3.01. The maximum absolute atomic E-state index is 12.8. The van der Waals surface area contributed by atoms with Crippen molar-refractivity contribution in [3.8, 4) is 17.1 Å². The highest BCUT2D eigenvalue weighted by Gasteiger charge is 2.23. The molecule has 0 spiro atoms. The molecule has 3 aromatic rings. The Balaban J connectivity index is 2.21. The molecule has 142 valence electrons. The van der Waals surface area contributed by atoms with Crippen molar-refractivity contribution < 1.29 is 14.3 Å². The molecule has 0 amide bonds. The molecule has 0 atom stereocenters. The molecule has 3 rings (SSSR count). The molecule has 0 bridgehead atoms. The molecule has 1 N–H and O–H groups in total. The second-order valence-electron chi connectivity index (χ2n) is 6.28. The number of nitrogens with one attached hydrogen (secondary N) is 1. The number of carbonyl (C=O) groups excluding carboxylic acids is 1. The van der Waals surface area contributed by atoms with Crippen molar-refractivity contribution in [3.05, 3.63) is 50.9 Å². The number of halogens is 1. The van der Waals surface area contributed by atoms with Gasteiger partial charge in [-0.15, -0.1) is 5.10 Å². The van der Waals surface area contributed by atoms with Crippen LogP contribution in [0.3, 0.4) is 0 Å². The molecule has 0 aliphatic heterocycles. The zero-order chi connectivity index (χ0) is 19.7. The highest BCUT2D eigenvalue weighted by atomic mass is 35.5. The van der Waals surface area contributed by atoms with Gasteiger partial charge in [0.25, 0.3) is 5.56 Å². The third kappa shape index (κ3) is 3.42. The van der Waals surface area contributed by atoms with E-state index in [9.17, 15) is 9.59 Å². The van der Waals surface area contributed by atoms with Gasteiger partial charge in [0, 0.05) is 17.3 Å². The number of carbonyl (C=O) groups is 1. The normalized spacial score (nSPS) is 11.2. The monoisotopic (exact) mass is 389 g/mol. The van der Waals surface area contributed by atoms with E-state index in [1.165, 1.54) is 17.8 Å². The molecule has 8 heteroatoms. The lowest BCUT2D eigenvalue weighted by Gasteiger charge is -2.08. The van der Waals surface area contributed by atoms with Gasteiger partial charge in [-0.25, -0.2) is 9.31 Å². The molecule has 2 aromatic heterocycles. The van der Waals surface area contributed by atoms with E-state index in [2.05, 4.69) is 10.1 Å². The summed E-state index contributed by atoms with van der Waals surface area (Å²) in [6.45, 7) is 5.81. The van der Waals surface area contributed by atoms with Crippen LogP contribution in [0.5, 0.6) is 5.75 Å². The van der Waals surface area contributed by atoms with E-state index in [1.807, 2.05) is 13.8 Å². The highest BCUT2D eigenvalue weighted by Crippen LogP contribution is 2.29. The molecule has 7 nitrogen and oxygen atoms in total. The Bertz CT molecular complexity index is 1070. The minimum Gasteiger partial charge on any atom is -0.495 e. The summed E-state index contributed by atoms with van der Waals surface area (Å²) >= 11 is 6.17. The molecular weight excluding hydrogens is 370 g/mol. The smallest absolute Gasteiger partial charge is 0.340 e. The molecule has 0 saturated heterocycles. The topological polar surface area (TPSA) is 85.7 Å². The van der Waals surface area contributed by atoms with E-state index in [4.69, 9.17) is 21.1 Å². The van der Waals surface area contributed by atoms with Crippen molar-refractivity contribution in [3.63, 3.8) is 0 Å². The number of ether oxygens (including phenoxy) is 2. The van der Waals surface area contributed by atoms with E-state index in [-0.39, 0.29) is 18.1 Å². The van der Waals surface area contributed by atoms with Gasteiger partial charge in [0.15, 0.2) is 5.82 Å². The molecule has 2 heterocycles. The molecule has 0 radical (unpaired) electrons. The van der Waals surface area contributed by atoms with Gasteiger partial charge in [-0.2, -0.15) is 0 Å². The fourth-order valence-corrected chi connectivity index (χ4v) is 3.27. The van der Waals surface area contributed by atoms with Crippen molar-refractivity contribution in [2.45, 2.75) is 26.7 Å². The molecule has 27 heavy (non-hydrogen) atoms. The van der Waals surface area contributed by atoms with Crippen molar-refractivity contribution in [2.24, 2.45) is 0 Å². The Labute approximate surface area is 160 Å². The quantitative estimate of drug-likeness (QED) is 0.673. The van der Waals surface area contributed by atoms with Crippen LogP contribution >= 0.6 is 11.6 Å². The van der Waals surface area contributed by atoms with E-state index in [0.717, 1.165) is 0 Å². The van der Waals surface area contributed by atoms with Crippen LogP contribution in [0.1, 0.15) is 42.6 Å². The fraction of sp³-hybridized carbons (Fsp3) is 0.316. The summed E-state index contributed by atoms with van der Waals surface area (Å²) in [4.78, 5) is 27.9. The first-order valence-electron chi connectivity index (χ1n) is 8.54. The lowest BCUT2D eigenvalue weighted by atomic mass is 10.0. The average Bonchev–Trinajstić information content (AvgIpc) is 3.02. The van der Waals surface area contributed by atoms with Crippen LogP contribution in [-0.4, -0.2) is 34.3 Å². The van der Waals surface area contributed by atoms with Crippen LogP contribution in [0.15, 0.2) is 29.2 Å². The Hall–Kier alpha value is -2.80. The molecule has 1 aromatic carbocycles. The zero-order valence-corrected chi connectivity index (χ0v) is 16.3. The lowest BCUT2D eigenvalue weighted by molar-refractivity contribution is 0.0525. The van der Waals surface area contributed by atoms with E-state index in [1.54, 1.807) is 25.1 Å². The standard InChI is InChI=1S/C19H20ClN3O4/c1-5-27-19(25)12-9-23-16(15(12)10(2)3)18(24)21-17(22-23)11-6-7-14(26-4)13(20)8-11/h6-10H,5H2,1-4H3,(H,21,22,24). The third-order valence-corrected chi connectivity index (χ3v) is 4.47. The largest absolute Gasteiger partial charge is 0.495 e. The van der Waals surface area contributed by atoms with Gasteiger partial charge in [-0.1, -0.05) is 25.4 Å². The number of hydrogen-bond donors (Lipinski definition) is 1. The highest BCUT2D eigenvalue weighted by molar-refractivity contribution is 6.32. The summed E-state index contributed by atoms with van der Waals surface area (Å²) in [5.74, 6) is 0.327. The van der Waals surface area contributed by atoms with Gasteiger partial charge in [0.2, 0.25) is 0 Å². The van der Waals surface area contributed by atoms with Crippen molar-refractivity contribution in [1.29, 1.82) is 0 Å². The minimum absolute atomic E-state index is 0.0569. The van der Waals surface area contributed by atoms with Gasteiger partial charge < -0.3 is 14.5 Å². The Morgan fingerprint density at radius 3 is 2.70 bits per heavy atom. The second-order valence-corrected chi connectivity index (χ2v) is 6.68. The second kappa shape index (κ2) is 7.44. The molecule has 0 unspecified atom stereocenters. The van der Waals surface area contributed by atoms with Crippen LogP contribution in [0.4, 0.5) is 0 Å². The van der Waals surface area contributed by atoms with Gasteiger partial charge in [-0.05, 0) is 31.0 Å². The van der Waals surface area contributed by atoms with Crippen LogP contribution < -0.4 is 10.3 Å². The van der Waals surface area contributed by atoms with E-state index >= 15 is 0 Å². The van der Waals surface area contributed by atoms with Gasteiger partial charge in [0.1, 0.15) is 11.3 Å². The molecule has 0 aliphatic carbocycles. The van der Waals surface area contributed by atoms with Gasteiger partial charge >= 0.3 is 5.97 Å². The lowest BCUT2D eigenvalue weighted by Crippen LogP contribution is -2.15. The molecular formula is C19H20ClN3O4. The third-order valence-electron chi connectivity index (χ3n) is 4.18. The predicted molar refractivity (Wildman–Crippen MR) is 103 cm³/mol. The van der Waals surface area contributed by atoms with E-state index < -0.39 is 5.97 Å². The molecule has 0 fully saturated rings. The average molecular weight is 390 g/mol. The van der Waals surface area contributed by atoms with Gasteiger partial charge in [-0.3, -0.25) is 4.79 Å². The maximum atomic E-state index is 12.8. The van der Waals surface area contributed by atoms with Crippen LogP contribution in [0.2, 0.25) is 5.02 Å². The first kappa shape index (κ1) is 19.0. The van der Waals surface area contributed by atoms with Crippen LogP contribution in [0.25, 0.3) is 16.9 Å². The van der Waals surface area contributed by atoms with Gasteiger partial charge in [0.05, 0.1) is 24.3 Å². The van der Waals surface area contributed by atoms with E-state index in [0.29, 0.717) is 38.8 Å². The number of H-pyrrole nitrogens is 1. The maximum Gasteiger partial charge on any atom is 0.340 e. The number of rotatable bonds is 5. The summed E-state index contributed by atoms with van der Waals surface area (Å²) < 4.78 is 11.7. The number of esters is 1. The Morgan fingerprint density at radius 2 is 2.11 bits per heavy atom. The SMILES string of the molecule is CCOC(=O)c1cn2nc(-c3ccc(OC)c(Cl)c3)[nH]c(=O)c2c1C(C)C. The van der Waals surface area contributed by atoms with Crippen LogP contribution in [-0.2, 0) is 4.74 Å². The van der Waals surface area contributed by atoms with Crippen molar-refractivity contribution in [1.82, 2.24) is 14.6 Å².